The van der Waals surface area contributed by atoms with Gasteiger partial charge in [0.25, 0.3) is 5.91 Å². The zero-order valence-corrected chi connectivity index (χ0v) is 19.8. The fourth-order valence-corrected chi connectivity index (χ4v) is 3.47. The summed E-state index contributed by atoms with van der Waals surface area (Å²) in [5.41, 5.74) is 1.43. The fourth-order valence-electron chi connectivity index (χ4n) is 3.47. The summed E-state index contributed by atoms with van der Waals surface area (Å²) in [7, 11) is 0. The van der Waals surface area contributed by atoms with Gasteiger partial charge in [-0.15, -0.1) is 0 Å². The number of hydrogen-bond acceptors (Lipinski definition) is 6. The summed E-state index contributed by atoms with van der Waals surface area (Å²) < 4.78 is 5.28. The molecule has 1 aliphatic rings. The lowest BCUT2D eigenvalue weighted by Crippen LogP contribution is -2.49. The van der Waals surface area contributed by atoms with Gasteiger partial charge in [-0.3, -0.25) is 10.1 Å². The first kappa shape index (κ1) is 23.5. The van der Waals surface area contributed by atoms with E-state index in [1.54, 1.807) is 45.0 Å². The molecule has 3 rings (SSSR count). The van der Waals surface area contributed by atoms with Gasteiger partial charge in [-0.25, -0.2) is 14.8 Å². The van der Waals surface area contributed by atoms with Gasteiger partial charge in [-0.2, -0.15) is 0 Å². The number of carbonyl (C=O) groups is 2. The number of benzene rings is 1. The molecule has 0 spiro atoms. The molecular formula is C24H33N5O3. The minimum absolute atomic E-state index is 0.0563. The van der Waals surface area contributed by atoms with E-state index >= 15 is 0 Å². The Morgan fingerprint density at radius 3 is 2.38 bits per heavy atom. The Bertz CT molecular complexity index is 976. The minimum atomic E-state index is -0.588. The van der Waals surface area contributed by atoms with E-state index in [2.05, 4.69) is 29.0 Å². The molecule has 8 heteroatoms. The number of hydrogen-bond donors (Lipinski definition) is 1. The summed E-state index contributed by atoms with van der Waals surface area (Å²) in [6.07, 6.45) is -0.545. The Balaban J connectivity index is 1.63. The van der Waals surface area contributed by atoms with E-state index in [1.807, 2.05) is 17.9 Å². The van der Waals surface area contributed by atoms with Crippen molar-refractivity contribution in [2.75, 3.05) is 36.4 Å². The number of carbonyl (C=O) groups excluding carboxylic acids is 2. The van der Waals surface area contributed by atoms with Crippen LogP contribution in [-0.4, -0.2) is 58.6 Å². The normalized spacial score (nSPS) is 14.5. The fraction of sp³-hybridized carbons (Fsp3) is 0.500. The molecule has 1 aliphatic heterocycles. The van der Waals surface area contributed by atoms with E-state index < -0.39 is 11.7 Å². The number of nitrogens with zero attached hydrogens (tertiary/aromatic N) is 4. The maximum atomic E-state index is 13.0. The molecule has 1 aromatic carbocycles. The largest absolute Gasteiger partial charge is 0.444 e. The van der Waals surface area contributed by atoms with Gasteiger partial charge in [0.05, 0.1) is 0 Å². The smallest absolute Gasteiger partial charge is 0.412 e. The van der Waals surface area contributed by atoms with Crippen LogP contribution in [0, 0.1) is 6.92 Å². The number of anilines is 2. The summed E-state index contributed by atoms with van der Waals surface area (Å²) in [5.74, 6) is 1.96. The first-order valence-electron chi connectivity index (χ1n) is 11.0. The van der Waals surface area contributed by atoms with Crippen LogP contribution >= 0.6 is 0 Å². The summed E-state index contributed by atoms with van der Waals surface area (Å²) in [6.45, 7) is 14.2. The van der Waals surface area contributed by atoms with Gasteiger partial charge < -0.3 is 14.5 Å². The van der Waals surface area contributed by atoms with Gasteiger partial charge >= 0.3 is 6.09 Å². The quantitative estimate of drug-likeness (QED) is 0.768. The van der Waals surface area contributed by atoms with Crippen LogP contribution in [0.5, 0.6) is 0 Å². The van der Waals surface area contributed by atoms with Crippen LogP contribution in [0.1, 0.15) is 62.4 Å². The third kappa shape index (κ3) is 6.18. The lowest BCUT2D eigenvalue weighted by atomic mass is 10.1. The molecule has 0 atom stereocenters. The highest BCUT2D eigenvalue weighted by Gasteiger charge is 2.24. The van der Waals surface area contributed by atoms with Gasteiger partial charge in [0, 0.05) is 55.1 Å². The third-order valence-electron chi connectivity index (χ3n) is 5.02. The summed E-state index contributed by atoms with van der Waals surface area (Å²) in [5, 5.41) is 2.69. The molecule has 0 unspecified atom stereocenters. The van der Waals surface area contributed by atoms with Crippen LogP contribution in [0.2, 0.25) is 0 Å². The molecule has 32 heavy (non-hydrogen) atoms. The molecular weight excluding hydrogens is 406 g/mol. The molecule has 0 bridgehead atoms. The third-order valence-corrected chi connectivity index (χ3v) is 5.02. The second kappa shape index (κ2) is 9.54. The number of aryl methyl sites for hydroxylation is 1. The molecule has 8 nitrogen and oxygen atoms in total. The first-order chi connectivity index (χ1) is 15.0. The van der Waals surface area contributed by atoms with Gasteiger partial charge in [0.2, 0.25) is 0 Å². The lowest BCUT2D eigenvalue weighted by Gasteiger charge is -2.35. The number of amides is 2. The van der Waals surface area contributed by atoms with Crippen LogP contribution in [0.3, 0.4) is 0 Å². The molecule has 1 aromatic heterocycles. The van der Waals surface area contributed by atoms with Gasteiger partial charge in [-0.1, -0.05) is 19.9 Å². The number of piperazine rings is 1. The number of nitrogens with one attached hydrogen (secondary N) is 1. The van der Waals surface area contributed by atoms with Crippen LogP contribution in [0.25, 0.3) is 0 Å². The standard InChI is InChI=1S/C24H33N5O3/c1-16(2)21-25-17(3)14-20(27-21)28-10-12-29(13-11-28)22(30)18-8-7-9-19(15-18)26-23(31)32-24(4,5)6/h7-9,14-16H,10-13H2,1-6H3,(H,26,31). The van der Waals surface area contributed by atoms with Crippen molar-refractivity contribution in [2.24, 2.45) is 0 Å². The van der Waals surface area contributed by atoms with E-state index in [9.17, 15) is 9.59 Å². The van der Waals surface area contributed by atoms with Crippen LogP contribution < -0.4 is 10.2 Å². The molecule has 2 heterocycles. The van der Waals surface area contributed by atoms with Crippen molar-refractivity contribution in [3.8, 4) is 0 Å². The molecule has 0 radical (unpaired) electrons. The van der Waals surface area contributed by atoms with Gasteiger partial charge in [0.15, 0.2) is 0 Å². The summed E-state index contributed by atoms with van der Waals surface area (Å²) in [6, 6.07) is 8.93. The Kier molecular flexibility index (Phi) is 7.01. The maximum Gasteiger partial charge on any atom is 0.412 e. The van der Waals surface area contributed by atoms with Crippen molar-refractivity contribution in [3.63, 3.8) is 0 Å². The van der Waals surface area contributed by atoms with Crippen molar-refractivity contribution >= 4 is 23.5 Å². The highest BCUT2D eigenvalue weighted by Crippen LogP contribution is 2.20. The number of rotatable bonds is 4. The number of aromatic nitrogens is 2. The van der Waals surface area contributed by atoms with Crippen molar-refractivity contribution in [1.29, 1.82) is 0 Å². The van der Waals surface area contributed by atoms with Gasteiger partial charge in [0.1, 0.15) is 17.2 Å². The summed E-state index contributed by atoms with van der Waals surface area (Å²) >= 11 is 0. The predicted octanol–water partition coefficient (Wildman–Crippen LogP) is 4.22. The SMILES string of the molecule is Cc1cc(N2CCN(C(=O)c3cccc(NC(=O)OC(C)(C)C)c3)CC2)nc(C(C)C)n1. The van der Waals surface area contributed by atoms with E-state index in [4.69, 9.17) is 9.72 Å². The van der Waals surface area contributed by atoms with E-state index in [1.165, 1.54) is 0 Å². The topological polar surface area (TPSA) is 87.7 Å². The molecule has 1 N–H and O–H groups in total. The van der Waals surface area contributed by atoms with Crippen LogP contribution in [0.4, 0.5) is 16.3 Å². The van der Waals surface area contributed by atoms with Crippen molar-refractivity contribution in [3.05, 3.63) is 47.4 Å². The first-order valence-corrected chi connectivity index (χ1v) is 11.0. The van der Waals surface area contributed by atoms with E-state index in [0.717, 1.165) is 17.3 Å². The maximum absolute atomic E-state index is 13.0. The Labute approximate surface area is 190 Å². The number of ether oxygens (including phenoxy) is 1. The van der Waals surface area contributed by atoms with Crippen molar-refractivity contribution < 1.29 is 14.3 Å². The summed E-state index contributed by atoms with van der Waals surface area (Å²) in [4.78, 5) is 38.3. The second-order valence-electron chi connectivity index (χ2n) is 9.37. The molecule has 2 aromatic rings. The molecule has 1 saturated heterocycles. The molecule has 0 saturated carbocycles. The highest BCUT2D eigenvalue weighted by atomic mass is 16.6. The Hall–Kier alpha value is -3.16. The zero-order chi connectivity index (χ0) is 23.5. The Morgan fingerprint density at radius 2 is 1.75 bits per heavy atom. The van der Waals surface area contributed by atoms with Crippen molar-refractivity contribution in [2.45, 2.75) is 53.1 Å². The zero-order valence-electron chi connectivity index (χ0n) is 19.8. The average molecular weight is 440 g/mol. The monoisotopic (exact) mass is 439 g/mol. The molecule has 1 fully saturated rings. The van der Waals surface area contributed by atoms with Gasteiger partial charge in [-0.05, 0) is 45.9 Å². The van der Waals surface area contributed by atoms with Crippen LogP contribution in [0.15, 0.2) is 30.3 Å². The van der Waals surface area contributed by atoms with E-state index in [-0.39, 0.29) is 11.8 Å². The molecule has 0 aliphatic carbocycles. The predicted molar refractivity (Wildman–Crippen MR) is 125 cm³/mol. The van der Waals surface area contributed by atoms with E-state index in [0.29, 0.717) is 37.4 Å². The van der Waals surface area contributed by atoms with Crippen LogP contribution in [-0.2, 0) is 4.74 Å². The highest BCUT2D eigenvalue weighted by molar-refractivity contribution is 5.96. The lowest BCUT2D eigenvalue weighted by molar-refractivity contribution is 0.0634. The minimum Gasteiger partial charge on any atom is -0.444 e. The Morgan fingerprint density at radius 1 is 1.06 bits per heavy atom. The second-order valence-corrected chi connectivity index (χ2v) is 9.37. The molecule has 2 amide bonds. The molecule has 172 valence electrons. The van der Waals surface area contributed by atoms with Crippen molar-refractivity contribution in [1.82, 2.24) is 14.9 Å². The average Bonchev–Trinajstić information content (AvgIpc) is 2.71.